The fraction of sp³-hybridized carbons (Fsp3) is 0.160. The fourth-order valence-corrected chi connectivity index (χ4v) is 3.78. The van der Waals surface area contributed by atoms with E-state index in [1.165, 1.54) is 6.92 Å². The predicted molar refractivity (Wildman–Crippen MR) is 121 cm³/mol. The third-order valence-electron chi connectivity index (χ3n) is 5.28. The number of H-pyrrole nitrogens is 1. The lowest BCUT2D eigenvalue weighted by atomic mass is 9.96. The number of carbonyl (C=O) groups excluding carboxylic acids is 1. The lowest BCUT2D eigenvalue weighted by molar-refractivity contribution is -0.114. The van der Waals surface area contributed by atoms with Crippen LogP contribution in [0.4, 0.5) is 5.82 Å². The highest BCUT2D eigenvalue weighted by molar-refractivity contribution is 5.87. The van der Waals surface area contributed by atoms with Gasteiger partial charge in [0.05, 0.1) is 24.4 Å². The molecule has 2 aromatic heterocycles. The Labute approximate surface area is 185 Å². The van der Waals surface area contributed by atoms with Crippen LogP contribution in [0.2, 0.25) is 0 Å². The standard InChI is InChI=1S/C25H22N4O3/c1-16(30)28-24-13-21(9-10-26-24)32-20-7-8-23-18(12-20)11-19(15-31-23)25-27-14-22(29-25)17-5-3-2-4-6-17/h2-10,12-14,19H,11,15H2,1H3,(H,27,29)(H,26,28,30). The maximum atomic E-state index is 11.3. The molecule has 4 aromatic rings. The second kappa shape index (κ2) is 8.55. The highest BCUT2D eigenvalue weighted by Crippen LogP contribution is 2.35. The monoisotopic (exact) mass is 426 g/mol. The Bertz CT molecular complexity index is 1250. The van der Waals surface area contributed by atoms with Gasteiger partial charge in [-0.05, 0) is 41.8 Å². The summed E-state index contributed by atoms with van der Waals surface area (Å²) in [4.78, 5) is 23.4. The molecule has 2 N–H and O–H groups in total. The number of aromatic amines is 1. The minimum atomic E-state index is -0.181. The third kappa shape index (κ3) is 4.32. The van der Waals surface area contributed by atoms with E-state index < -0.39 is 0 Å². The SMILES string of the molecule is CC(=O)Nc1cc(Oc2ccc3c(c2)CC(c2ncc(-c4ccccc4)[nH]2)CO3)ccn1. The molecule has 1 amide bonds. The van der Waals surface area contributed by atoms with Gasteiger partial charge < -0.3 is 19.8 Å². The largest absolute Gasteiger partial charge is 0.493 e. The number of benzene rings is 2. The highest BCUT2D eigenvalue weighted by atomic mass is 16.5. The van der Waals surface area contributed by atoms with Crippen molar-refractivity contribution in [2.75, 3.05) is 11.9 Å². The van der Waals surface area contributed by atoms with E-state index in [1.807, 2.05) is 42.6 Å². The number of nitrogens with one attached hydrogen (secondary N) is 2. The number of hydrogen-bond donors (Lipinski definition) is 2. The maximum absolute atomic E-state index is 11.3. The molecule has 0 spiro atoms. The van der Waals surface area contributed by atoms with Gasteiger partial charge in [-0.15, -0.1) is 0 Å². The number of amides is 1. The molecule has 0 aliphatic carbocycles. The molecular formula is C25H22N4O3. The van der Waals surface area contributed by atoms with Crippen molar-refractivity contribution < 1.29 is 14.3 Å². The van der Waals surface area contributed by atoms with Crippen LogP contribution in [0.5, 0.6) is 17.2 Å². The van der Waals surface area contributed by atoms with Gasteiger partial charge in [0, 0.05) is 19.2 Å². The van der Waals surface area contributed by atoms with Gasteiger partial charge in [-0.1, -0.05) is 30.3 Å². The van der Waals surface area contributed by atoms with Crippen LogP contribution in [0.3, 0.4) is 0 Å². The number of aromatic nitrogens is 3. The van der Waals surface area contributed by atoms with Gasteiger partial charge in [0.1, 0.15) is 28.9 Å². The number of ether oxygens (including phenoxy) is 2. The van der Waals surface area contributed by atoms with Crippen molar-refractivity contribution in [1.82, 2.24) is 15.0 Å². The molecule has 160 valence electrons. The molecule has 32 heavy (non-hydrogen) atoms. The number of fused-ring (bicyclic) bond motifs is 1. The van der Waals surface area contributed by atoms with E-state index in [-0.39, 0.29) is 11.8 Å². The van der Waals surface area contributed by atoms with Gasteiger partial charge in [-0.25, -0.2) is 9.97 Å². The lowest BCUT2D eigenvalue weighted by Crippen LogP contribution is -2.20. The molecule has 7 nitrogen and oxygen atoms in total. The van der Waals surface area contributed by atoms with E-state index in [4.69, 9.17) is 9.47 Å². The Hall–Kier alpha value is -4.13. The molecule has 1 atom stereocenters. The fourth-order valence-electron chi connectivity index (χ4n) is 3.78. The number of rotatable bonds is 5. The van der Waals surface area contributed by atoms with Gasteiger partial charge in [0.25, 0.3) is 0 Å². The van der Waals surface area contributed by atoms with Crippen LogP contribution >= 0.6 is 0 Å². The van der Waals surface area contributed by atoms with Gasteiger partial charge >= 0.3 is 0 Å². The molecule has 0 saturated heterocycles. The van der Waals surface area contributed by atoms with Crippen LogP contribution in [-0.2, 0) is 11.2 Å². The molecule has 0 fully saturated rings. The number of anilines is 1. The first-order valence-electron chi connectivity index (χ1n) is 10.4. The Morgan fingerprint density at radius 3 is 2.78 bits per heavy atom. The first-order chi connectivity index (χ1) is 15.6. The molecule has 1 aliphatic rings. The van der Waals surface area contributed by atoms with Crippen molar-refractivity contribution in [2.45, 2.75) is 19.3 Å². The van der Waals surface area contributed by atoms with E-state index in [2.05, 4.69) is 32.4 Å². The molecular weight excluding hydrogens is 404 g/mol. The maximum Gasteiger partial charge on any atom is 0.222 e. The van der Waals surface area contributed by atoms with Gasteiger partial charge in [0.15, 0.2) is 0 Å². The lowest BCUT2D eigenvalue weighted by Gasteiger charge is -2.24. The summed E-state index contributed by atoms with van der Waals surface area (Å²) in [6.07, 6.45) is 4.26. The number of pyridine rings is 1. The highest BCUT2D eigenvalue weighted by Gasteiger charge is 2.24. The molecule has 1 aliphatic heterocycles. The van der Waals surface area contributed by atoms with E-state index in [0.29, 0.717) is 23.9 Å². The zero-order valence-electron chi connectivity index (χ0n) is 17.5. The van der Waals surface area contributed by atoms with E-state index >= 15 is 0 Å². The number of imidazole rings is 1. The summed E-state index contributed by atoms with van der Waals surface area (Å²) in [6, 6.07) is 19.4. The minimum absolute atomic E-state index is 0.127. The summed E-state index contributed by atoms with van der Waals surface area (Å²) in [5.41, 5.74) is 3.17. The third-order valence-corrected chi connectivity index (χ3v) is 5.28. The zero-order valence-corrected chi connectivity index (χ0v) is 17.5. The number of hydrogen-bond acceptors (Lipinski definition) is 5. The Morgan fingerprint density at radius 1 is 1.09 bits per heavy atom. The molecule has 0 saturated carbocycles. The second-order valence-electron chi connectivity index (χ2n) is 7.69. The molecule has 3 heterocycles. The molecule has 1 unspecified atom stereocenters. The molecule has 2 aromatic carbocycles. The number of carbonyl (C=O) groups is 1. The van der Waals surface area contributed by atoms with Crippen LogP contribution in [0.25, 0.3) is 11.3 Å². The van der Waals surface area contributed by atoms with E-state index in [0.717, 1.165) is 34.8 Å². The zero-order chi connectivity index (χ0) is 21.9. The van der Waals surface area contributed by atoms with Crippen molar-refractivity contribution in [3.63, 3.8) is 0 Å². The quantitative estimate of drug-likeness (QED) is 0.472. The van der Waals surface area contributed by atoms with Crippen LogP contribution in [0.1, 0.15) is 24.2 Å². The molecule has 5 rings (SSSR count). The normalized spacial score (nSPS) is 14.8. The van der Waals surface area contributed by atoms with Crippen LogP contribution < -0.4 is 14.8 Å². The average Bonchev–Trinajstić information content (AvgIpc) is 3.29. The smallest absolute Gasteiger partial charge is 0.222 e. The summed E-state index contributed by atoms with van der Waals surface area (Å²) in [5.74, 6) is 3.45. The van der Waals surface area contributed by atoms with Crippen molar-refractivity contribution in [3.8, 4) is 28.5 Å². The molecule has 0 bridgehead atoms. The average molecular weight is 426 g/mol. The Balaban J connectivity index is 1.32. The summed E-state index contributed by atoms with van der Waals surface area (Å²) < 4.78 is 12.0. The van der Waals surface area contributed by atoms with Crippen LogP contribution in [0.15, 0.2) is 73.1 Å². The summed E-state index contributed by atoms with van der Waals surface area (Å²) >= 11 is 0. The van der Waals surface area contributed by atoms with Crippen molar-refractivity contribution >= 4 is 11.7 Å². The summed E-state index contributed by atoms with van der Waals surface area (Å²) in [7, 11) is 0. The first kappa shape index (κ1) is 19.8. The summed E-state index contributed by atoms with van der Waals surface area (Å²) in [5, 5.41) is 2.66. The van der Waals surface area contributed by atoms with E-state index in [1.54, 1.807) is 18.3 Å². The van der Waals surface area contributed by atoms with Crippen LogP contribution in [-0.4, -0.2) is 27.5 Å². The molecule has 7 heteroatoms. The predicted octanol–water partition coefficient (Wildman–Crippen LogP) is 4.94. The second-order valence-corrected chi connectivity index (χ2v) is 7.69. The summed E-state index contributed by atoms with van der Waals surface area (Å²) in [6.45, 7) is 2.01. The van der Waals surface area contributed by atoms with Crippen molar-refractivity contribution in [2.24, 2.45) is 0 Å². The molecule has 0 radical (unpaired) electrons. The topological polar surface area (TPSA) is 89.1 Å². The Kier molecular flexibility index (Phi) is 5.29. The number of nitrogens with zero attached hydrogens (tertiary/aromatic N) is 2. The minimum Gasteiger partial charge on any atom is -0.493 e. The van der Waals surface area contributed by atoms with E-state index in [9.17, 15) is 4.79 Å². The van der Waals surface area contributed by atoms with Gasteiger partial charge in [0.2, 0.25) is 5.91 Å². The van der Waals surface area contributed by atoms with Crippen molar-refractivity contribution in [1.29, 1.82) is 0 Å². The first-order valence-corrected chi connectivity index (χ1v) is 10.4. The Morgan fingerprint density at radius 2 is 1.94 bits per heavy atom. The van der Waals surface area contributed by atoms with Crippen LogP contribution in [0, 0.1) is 0 Å². The van der Waals surface area contributed by atoms with Crippen molar-refractivity contribution in [3.05, 3.63) is 84.4 Å². The van der Waals surface area contributed by atoms with Gasteiger partial charge in [-0.3, -0.25) is 4.79 Å². The van der Waals surface area contributed by atoms with Gasteiger partial charge in [-0.2, -0.15) is 0 Å².